The van der Waals surface area contributed by atoms with E-state index >= 15 is 0 Å². The Bertz CT molecular complexity index is 697. The molecule has 0 fully saturated rings. The first-order valence-corrected chi connectivity index (χ1v) is 7.99. The van der Waals surface area contributed by atoms with Gasteiger partial charge in [-0.1, -0.05) is 25.1 Å². The largest absolute Gasteiger partial charge is 0.384 e. The maximum Gasteiger partial charge on any atom is 0.274 e. The molecule has 2 rings (SSSR count). The van der Waals surface area contributed by atoms with Gasteiger partial charge in [-0.05, 0) is 18.1 Å². The summed E-state index contributed by atoms with van der Waals surface area (Å²) in [6.07, 6.45) is 0.533. The first kappa shape index (κ1) is 15.6. The van der Waals surface area contributed by atoms with Gasteiger partial charge >= 0.3 is 0 Å². The number of sulfonamides is 1. The van der Waals surface area contributed by atoms with Crippen molar-refractivity contribution in [3.8, 4) is 5.69 Å². The Morgan fingerprint density at radius 3 is 2.52 bits per heavy atom. The quantitative estimate of drug-likeness (QED) is 0.848. The van der Waals surface area contributed by atoms with Crippen molar-refractivity contribution in [2.75, 3.05) is 13.7 Å². The van der Waals surface area contributed by atoms with E-state index in [2.05, 4.69) is 10.2 Å². The lowest BCUT2D eigenvalue weighted by atomic mass is 10.1. The van der Waals surface area contributed by atoms with Crippen LogP contribution in [0.25, 0.3) is 5.69 Å². The molecule has 0 aliphatic heterocycles. The van der Waals surface area contributed by atoms with E-state index in [0.717, 1.165) is 0 Å². The Morgan fingerprint density at radius 1 is 1.29 bits per heavy atom. The molecule has 0 aliphatic rings. The van der Waals surface area contributed by atoms with Gasteiger partial charge in [0.15, 0.2) is 0 Å². The number of para-hydroxylation sites is 1. The van der Waals surface area contributed by atoms with Gasteiger partial charge < -0.3 is 4.74 Å². The molecule has 0 amide bonds. The molecule has 2 aromatic rings. The molecule has 0 saturated heterocycles. The molecular weight excluding hydrogens is 292 g/mol. The van der Waals surface area contributed by atoms with Gasteiger partial charge in [-0.3, -0.25) is 4.57 Å². The molecule has 21 heavy (non-hydrogen) atoms. The molecule has 1 aromatic carbocycles. The average Bonchev–Trinajstić information content (AvgIpc) is 2.83. The van der Waals surface area contributed by atoms with Gasteiger partial charge in [0.25, 0.3) is 15.2 Å². The second-order valence-corrected chi connectivity index (χ2v) is 6.33. The lowest BCUT2D eigenvalue weighted by molar-refractivity contribution is 0.158. The van der Waals surface area contributed by atoms with Crippen molar-refractivity contribution in [1.82, 2.24) is 14.8 Å². The monoisotopic (exact) mass is 310 g/mol. The normalized spacial score (nSPS) is 13.3. The summed E-state index contributed by atoms with van der Waals surface area (Å²) in [7, 11) is -2.33. The van der Waals surface area contributed by atoms with E-state index < -0.39 is 10.0 Å². The third kappa shape index (κ3) is 3.66. The molecule has 0 bridgehead atoms. The van der Waals surface area contributed by atoms with E-state index in [1.807, 2.05) is 25.1 Å². The first-order chi connectivity index (χ1) is 9.93. The van der Waals surface area contributed by atoms with Crippen LogP contribution in [0.5, 0.6) is 0 Å². The molecule has 0 aliphatic carbocycles. The van der Waals surface area contributed by atoms with Crippen LogP contribution in [0.4, 0.5) is 0 Å². The Morgan fingerprint density at radius 2 is 1.95 bits per heavy atom. The molecular formula is C13H18N4O3S. The van der Waals surface area contributed by atoms with E-state index in [-0.39, 0.29) is 11.1 Å². The maximum absolute atomic E-state index is 11.7. The average molecular weight is 310 g/mol. The summed E-state index contributed by atoms with van der Waals surface area (Å²) in [5.74, 6) is 0.713. The molecule has 2 N–H and O–H groups in total. The lowest BCUT2D eigenvalue weighted by Gasteiger charge is -2.12. The topological polar surface area (TPSA) is 100 Å². The zero-order valence-electron chi connectivity index (χ0n) is 11.9. The molecule has 0 saturated carbocycles. The van der Waals surface area contributed by atoms with Crippen molar-refractivity contribution < 1.29 is 13.2 Å². The van der Waals surface area contributed by atoms with Crippen LogP contribution in [0, 0.1) is 5.92 Å². The zero-order valence-corrected chi connectivity index (χ0v) is 12.7. The summed E-state index contributed by atoms with van der Waals surface area (Å²) in [6, 6.07) is 9.03. The molecule has 1 aromatic heterocycles. The number of benzene rings is 1. The standard InChI is InChI=1S/C13H18N4O3S/c1-10(9-20-2)8-12-15-16-13(21(14,18)19)17(12)11-6-4-3-5-7-11/h3-7,10H,8-9H2,1-2H3,(H2,14,18,19). The van der Waals surface area contributed by atoms with Crippen LogP contribution in [0.1, 0.15) is 12.7 Å². The van der Waals surface area contributed by atoms with Crippen molar-refractivity contribution in [2.45, 2.75) is 18.5 Å². The summed E-state index contributed by atoms with van der Waals surface area (Å²) in [4.78, 5) is 0. The molecule has 1 atom stereocenters. The number of rotatable bonds is 6. The molecule has 1 unspecified atom stereocenters. The van der Waals surface area contributed by atoms with E-state index in [9.17, 15) is 8.42 Å². The van der Waals surface area contributed by atoms with Crippen LogP contribution in [-0.4, -0.2) is 36.9 Å². The van der Waals surface area contributed by atoms with Gasteiger partial charge in [-0.15, -0.1) is 10.2 Å². The second-order valence-electron chi connectivity index (χ2n) is 4.88. The highest BCUT2D eigenvalue weighted by Crippen LogP contribution is 2.18. The van der Waals surface area contributed by atoms with Crippen LogP contribution >= 0.6 is 0 Å². The minimum Gasteiger partial charge on any atom is -0.384 e. The Hall–Kier alpha value is -1.77. The van der Waals surface area contributed by atoms with Crippen LogP contribution in [0.2, 0.25) is 0 Å². The van der Waals surface area contributed by atoms with Crippen LogP contribution < -0.4 is 5.14 Å². The summed E-state index contributed by atoms with van der Waals surface area (Å²) in [5, 5.41) is 12.7. The third-order valence-electron chi connectivity index (χ3n) is 2.95. The van der Waals surface area contributed by atoms with E-state index in [1.165, 1.54) is 4.57 Å². The van der Waals surface area contributed by atoms with E-state index in [1.54, 1.807) is 19.2 Å². The lowest BCUT2D eigenvalue weighted by Crippen LogP contribution is -2.19. The number of primary sulfonamides is 1. The highest BCUT2D eigenvalue weighted by atomic mass is 32.2. The molecule has 0 radical (unpaired) electrons. The highest BCUT2D eigenvalue weighted by molar-refractivity contribution is 7.89. The van der Waals surface area contributed by atoms with Crippen LogP contribution in [-0.2, 0) is 21.2 Å². The van der Waals surface area contributed by atoms with Crippen molar-refractivity contribution in [2.24, 2.45) is 11.1 Å². The fourth-order valence-electron chi connectivity index (χ4n) is 2.11. The number of nitrogens with zero attached hydrogens (tertiary/aromatic N) is 3. The minimum absolute atomic E-state index is 0.176. The fourth-order valence-corrected chi connectivity index (χ4v) is 2.73. The molecule has 7 nitrogen and oxygen atoms in total. The number of aromatic nitrogens is 3. The summed E-state index contributed by atoms with van der Waals surface area (Å²) < 4.78 is 29.9. The van der Waals surface area contributed by atoms with Crippen molar-refractivity contribution in [1.29, 1.82) is 0 Å². The number of ether oxygens (including phenoxy) is 1. The predicted molar refractivity (Wildman–Crippen MR) is 77.5 cm³/mol. The Kier molecular flexibility index (Phi) is 4.71. The Labute approximate surface area is 123 Å². The van der Waals surface area contributed by atoms with Crippen molar-refractivity contribution in [3.63, 3.8) is 0 Å². The van der Waals surface area contributed by atoms with Gasteiger partial charge in [-0.2, -0.15) is 0 Å². The summed E-state index contributed by atoms with van der Waals surface area (Å²) in [5.41, 5.74) is 0.658. The van der Waals surface area contributed by atoms with Crippen LogP contribution in [0.3, 0.4) is 0 Å². The van der Waals surface area contributed by atoms with Gasteiger partial charge in [0.2, 0.25) is 0 Å². The Balaban J connectivity index is 2.50. The zero-order chi connectivity index (χ0) is 15.5. The summed E-state index contributed by atoms with van der Waals surface area (Å²) in [6.45, 7) is 2.54. The molecule has 8 heteroatoms. The second kappa shape index (κ2) is 6.33. The molecule has 0 spiro atoms. The fraction of sp³-hybridized carbons (Fsp3) is 0.385. The smallest absolute Gasteiger partial charge is 0.274 e. The first-order valence-electron chi connectivity index (χ1n) is 6.45. The van der Waals surface area contributed by atoms with Crippen molar-refractivity contribution >= 4 is 10.0 Å². The minimum atomic E-state index is -3.95. The SMILES string of the molecule is COCC(C)Cc1nnc(S(N)(=O)=O)n1-c1ccccc1. The maximum atomic E-state index is 11.7. The number of hydrogen-bond donors (Lipinski definition) is 1. The molecule has 1 heterocycles. The van der Waals surface area contributed by atoms with Crippen LogP contribution in [0.15, 0.2) is 35.5 Å². The van der Waals surface area contributed by atoms with Gasteiger partial charge in [-0.25, -0.2) is 13.6 Å². The highest BCUT2D eigenvalue weighted by Gasteiger charge is 2.23. The van der Waals surface area contributed by atoms with Crippen molar-refractivity contribution in [3.05, 3.63) is 36.2 Å². The third-order valence-corrected chi connectivity index (χ3v) is 3.72. The van der Waals surface area contributed by atoms with E-state index in [0.29, 0.717) is 24.5 Å². The number of hydrogen-bond acceptors (Lipinski definition) is 5. The van der Waals surface area contributed by atoms with Gasteiger partial charge in [0.05, 0.1) is 0 Å². The number of methoxy groups -OCH3 is 1. The predicted octanol–water partition coefficient (Wildman–Crippen LogP) is 0.740. The van der Waals surface area contributed by atoms with Gasteiger partial charge in [0, 0.05) is 25.8 Å². The molecule has 114 valence electrons. The number of nitrogens with two attached hydrogens (primary N) is 1. The van der Waals surface area contributed by atoms with E-state index in [4.69, 9.17) is 9.88 Å². The summed E-state index contributed by atoms with van der Waals surface area (Å²) >= 11 is 0. The van der Waals surface area contributed by atoms with Gasteiger partial charge in [0.1, 0.15) is 5.82 Å².